The van der Waals surface area contributed by atoms with E-state index >= 15 is 4.39 Å². The van der Waals surface area contributed by atoms with Gasteiger partial charge in [-0.25, -0.2) is 4.98 Å². The monoisotopic (exact) mass is 623 g/mol. The number of piperazine rings is 1. The predicted molar refractivity (Wildman–Crippen MR) is 168 cm³/mol. The number of hydrogen-bond acceptors (Lipinski definition) is 9. The molecule has 3 saturated heterocycles. The second-order valence-corrected chi connectivity index (χ2v) is 13.6. The fourth-order valence-corrected chi connectivity index (χ4v) is 8.30. The van der Waals surface area contributed by atoms with Crippen molar-refractivity contribution in [2.45, 2.75) is 63.8 Å². The maximum absolute atomic E-state index is 15.0. The zero-order valence-electron chi connectivity index (χ0n) is 25.8. The Bertz CT molecular complexity index is 1420. The number of aldehydes is 1. The molecule has 1 N–H and O–H groups in total. The van der Waals surface area contributed by atoms with Crippen molar-refractivity contribution in [3.63, 3.8) is 0 Å². The van der Waals surface area contributed by atoms with Crippen LogP contribution in [0.15, 0.2) is 35.9 Å². The van der Waals surface area contributed by atoms with Gasteiger partial charge in [-0.15, -0.1) is 0 Å². The third kappa shape index (κ3) is 5.63. The number of aromatic nitrogens is 1. The second-order valence-electron chi connectivity index (χ2n) is 12.7. The molecule has 1 aliphatic carbocycles. The lowest BCUT2D eigenvalue weighted by atomic mass is 9.78. The van der Waals surface area contributed by atoms with Gasteiger partial charge in [-0.05, 0) is 45.9 Å². The van der Waals surface area contributed by atoms with Crippen molar-refractivity contribution in [3.8, 4) is 11.3 Å². The Labute approximate surface area is 262 Å². The zero-order valence-corrected chi connectivity index (χ0v) is 26.6. The minimum atomic E-state index is -1.34. The van der Waals surface area contributed by atoms with Gasteiger partial charge in [0, 0.05) is 55.7 Å². The van der Waals surface area contributed by atoms with Crippen LogP contribution in [0, 0.1) is 17.0 Å². The number of nitrogens with zero attached hydrogens (tertiary/aromatic N) is 4. The van der Waals surface area contributed by atoms with E-state index in [4.69, 9.17) is 4.74 Å². The topological polar surface area (TPSA) is 95.1 Å². The van der Waals surface area contributed by atoms with E-state index in [9.17, 15) is 14.4 Å². The molecule has 1 aromatic heterocycles. The van der Waals surface area contributed by atoms with Crippen molar-refractivity contribution in [2.75, 3.05) is 51.3 Å². The standard InChI is InChI=1S/C33H42FN5O4S/c1-4-21(2)25-18-39(28-26(41)19-43-29(25)28)33(20-40,24-8-6-5-7-9-24)36-31(42)23-12-10-22(11-13-23)27-30(34)44-32(35-27)38-16-14-37(3)15-17-38/h4,10-13,20,24-25,28-29H,5-9,14-19H2,1-3H3,(H,36,42)/b21-4+. The molecule has 11 heteroatoms. The Hall–Kier alpha value is -2.99. The van der Waals surface area contributed by atoms with Gasteiger partial charge >= 0.3 is 0 Å². The maximum atomic E-state index is 15.0. The van der Waals surface area contributed by atoms with Crippen LogP contribution in [0.4, 0.5) is 9.52 Å². The normalized spacial score (nSPS) is 26.9. The number of allylic oxidation sites excluding steroid dienone is 1. The summed E-state index contributed by atoms with van der Waals surface area (Å²) in [6.45, 7) is 7.86. The molecule has 44 heavy (non-hydrogen) atoms. The average molecular weight is 624 g/mol. The Morgan fingerprint density at radius 2 is 1.84 bits per heavy atom. The van der Waals surface area contributed by atoms with Crippen molar-refractivity contribution >= 4 is 34.4 Å². The number of fused-ring (bicyclic) bond motifs is 1. The van der Waals surface area contributed by atoms with Crippen LogP contribution in [-0.4, -0.2) is 96.9 Å². The van der Waals surface area contributed by atoms with Gasteiger partial charge in [-0.1, -0.05) is 54.4 Å². The van der Waals surface area contributed by atoms with Gasteiger partial charge in [0.05, 0.1) is 6.10 Å². The van der Waals surface area contributed by atoms with Crippen molar-refractivity contribution in [3.05, 3.63) is 46.6 Å². The van der Waals surface area contributed by atoms with Crippen LogP contribution in [0.2, 0.25) is 0 Å². The van der Waals surface area contributed by atoms with Crippen LogP contribution >= 0.6 is 11.3 Å². The lowest BCUT2D eigenvalue weighted by molar-refractivity contribution is -0.133. The number of hydrogen-bond donors (Lipinski definition) is 1. The molecule has 0 bridgehead atoms. The number of likely N-dealkylation sites (N-methyl/N-ethyl adjacent to an activating group) is 1. The van der Waals surface area contributed by atoms with Gasteiger partial charge in [0.25, 0.3) is 5.91 Å². The molecule has 6 rings (SSSR count). The molecule has 1 saturated carbocycles. The molecule has 236 valence electrons. The van der Waals surface area contributed by atoms with Crippen molar-refractivity contribution in [1.29, 1.82) is 0 Å². The first-order chi connectivity index (χ1) is 21.3. The predicted octanol–water partition coefficient (Wildman–Crippen LogP) is 4.14. The molecule has 0 spiro atoms. The molecule has 9 nitrogen and oxygen atoms in total. The summed E-state index contributed by atoms with van der Waals surface area (Å²) < 4.78 is 21.0. The molecule has 2 aromatic rings. The highest BCUT2D eigenvalue weighted by molar-refractivity contribution is 7.14. The first kappa shape index (κ1) is 31.0. The Kier molecular flexibility index (Phi) is 9.01. The summed E-state index contributed by atoms with van der Waals surface area (Å²) in [5.41, 5.74) is 0.979. The van der Waals surface area contributed by atoms with E-state index in [0.717, 1.165) is 81.5 Å². The molecule has 1 amide bonds. The Morgan fingerprint density at radius 3 is 2.50 bits per heavy atom. The highest BCUT2D eigenvalue weighted by Gasteiger charge is 2.59. The lowest BCUT2D eigenvalue weighted by Crippen LogP contribution is -2.68. The van der Waals surface area contributed by atoms with E-state index in [1.807, 2.05) is 24.8 Å². The highest BCUT2D eigenvalue weighted by atomic mass is 32.1. The third-order valence-corrected chi connectivity index (χ3v) is 11.1. The van der Waals surface area contributed by atoms with Crippen LogP contribution in [-0.2, 0) is 14.3 Å². The molecular weight excluding hydrogens is 581 g/mol. The number of thiazole rings is 1. The van der Waals surface area contributed by atoms with Gasteiger partial charge < -0.3 is 19.9 Å². The maximum Gasteiger partial charge on any atom is 0.253 e. The van der Waals surface area contributed by atoms with E-state index in [2.05, 4.69) is 27.1 Å². The molecule has 0 radical (unpaired) electrons. The molecule has 4 atom stereocenters. The zero-order chi connectivity index (χ0) is 31.0. The number of likely N-dealkylation sites (tertiary alicyclic amines) is 1. The number of amides is 1. The number of halogens is 1. The fourth-order valence-electron chi connectivity index (χ4n) is 7.43. The van der Waals surface area contributed by atoms with E-state index in [-0.39, 0.29) is 41.2 Å². The van der Waals surface area contributed by atoms with Crippen LogP contribution in [0.25, 0.3) is 11.3 Å². The van der Waals surface area contributed by atoms with Gasteiger partial charge in [0.2, 0.25) is 5.13 Å². The van der Waals surface area contributed by atoms with Crippen LogP contribution < -0.4 is 10.2 Å². The number of Topliss-reactive ketones (excluding diaryl/α,β-unsaturated/α-hetero) is 1. The smallest absolute Gasteiger partial charge is 0.253 e. The molecule has 4 fully saturated rings. The number of ether oxygens (including phenoxy) is 1. The molecule has 1 aromatic carbocycles. The van der Waals surface area contributed by atoms with Crippen LogP contribution in [0.3, 0.4) is 0 Å². The number of carbonyl (C=O) groups is 3. The molecule has 4 unspecified atom stereocenters. The molecule has 4 aliphatic rings. The quantitative estimate of drug-likeness (QED) is 0.347. The largest absolute Gasteiger partial charge is 0.368 e. The molecular formula is C33H42FN5O4S. The second kappa shape index (κ2) is 12.8. The van der Waals surface area contributed by atoms with Gasteiger partial charge in [-0.2, -0.15) is 4.39 Å². The number of ketones is 1. The summed E-state index contributed by atoms with van der Waals surface area (Å²) in [4.78, 5) is 51.2. The summed E-state index contributed by atoms with van der Waals surface area (Å²) in [5.74, 6) is -0.629. The summed E-state index contributed by atoms with van der Waals surface area (Å²) >= 11 is 1.04. The SMILES string of the molecule is C/C=C(\C)C1CN(C(C=O)(NC(=O)c2ccc(-c3nc(N4CCN(C)CC4)sc3F)cc2)C2CCCCC2)C2C(=O)COC12. The number of nitrogens with one attached hydrogen (secondary N) is 1. The minimum Gasteiger partial charge on any atom is -0.368 e. The number of carbonyl (C=O) groups excluding carboxylic acids is 3. The van der Waals surface area contributed by atoms with Crippen molar-refractivity contribution in [1.82, 2.24) is 20.1 Å². The van der Waals surface area contributed by atoms with Crippen molar-refractivity contribution in [2.24, 2.45) is 11.8 Å². The number of rotatable bonds is 8. The number of anilines is 1. The van der Waals surface area contributed by atoms with Crippen LogP contribution in [0.1, 0.15) is 56.3 Å². The first-order valence-electron chi connectivity index (χ1n) is 15.8. The van der Waals surface area contributed by atoms with Crippen LogP contribution in [0.5, 0.6) is 0 Å². The van der Waals surface area contributed by atoms with E-state index in [0.29, 0.717) is 22.8 Å². The first-order valence-corrected chi connectivity index (χ1v) is 16.6. The van der Waals surface area contributed by atoms with Gasteiger partial charge in [0.1, 0.15) is 18.3 Å². The van der Waals surface area contributed by atoms with Gasteiger partial charge in [-0.3, -0.25) is 19.3 Å². The highest BCUT2D eigenvalue weighted by Crippen LogP contribution is 2.44. The Morgan fingerprint density at radius 1 is 1.14 bits per heavy atom. The fraction of sp³-hybridized carbons (Fsp3) is 0.576. The van der Waals surface area contributed by atoms with Gasteiger partial charge in [0.15, 0.2) is 22.9 Å². The molecule has 4 heterocycles. The average Bonchev–Trinajstić information content (AvgIpc) is 3.75. The Balaban J connectivity index is 1.26. The lowest BCUT2D eigenvalue weighted by Gasteiger charge is -2.47. The van der Waals surface area contributed by atoms with E-state index in [1.165, 1.54) is 0 Å². The third-order valence-electron chi connectivity index (χ3n) is 10.2. The van der Waals surface area contributed by atoms with E-state index in [1.54, 1.807) is 24.3 Å². The summed E-state index contributed by atoms with van der Waals surface area (Å²) in [6, 6.07) is 6.12. The number of benzene rings is 1. The summed E-state index contributed by atoms with van der Waals surface area (Å²) in [5, 5.41) is 3.44. The van der Waals surface area contributed by atoms with E-state index < -0.39 is 17.6 Å². The minimum absolute atomic E-state index is 0.0119. The van der Waals surface area contributed by atoms with Crippen molar-refractivity contribution < 1.29 is 23.5 Å². The summed E-state index contributed by atoms with van der Waals surface area (Å²) in [6.07, 6.45) is 7.11. The molecule has 3 aliphatic heterocycles. The summed E-state index contributed by atoms with van der Waals surface area (Å²) in [7, 11) is 2.07.